The highest BCUT2D eigenvalue weighted by atomic mass is 35.5. The third-order valence-electron chi connectivity index (χ3n) is 16.7. The largest absolute Gasteiger partial charge is 0.524 e. The molecule has 4 N–H and O–H groups in total. The molecule has 6 aliphatic rings. The lowest BCUT2D eigenvalue weighted by atomic mass is 9.72. The highest BCUT2D eigenvalue weighted by Crippen LogP contribution is 3.01. The Bertz CT molecular complexity index is 3350. The van der Waals surface area contributed by atoms with Gasteiger partial charge in [-0.15, -0.1) is 23.2 Å². The van der Waals surface area contributed by atoms with Crippen molar-refractivity contribution in [3.63, 3.8) is 0 Å². The van der Waals surface area contributed by atoms with E-state index >= 15 is 4.79 Å². The van der Waals surface area contributed by atoms with Gasteiger partial charge in [0, 0.05) is 129 Å². The van der Waals surface area contributed by atoms with Crippen LogP contribution >= 0.6 is 52.6 Å². The van der Waals surface area contributed by atoms with Crippen LogP contribution in [0.1, 0.15) is 67.9 Å². The number of carboxylic acids is 1. The summed E-state index contributed by atoms with van der Waals surface area (Å²) >= 11 is 13.2. The predicted molar refractivity (Wildman–Crippen MR) is 305 cm³/mol. The van der Waals surface area contributed by atoms with Gasteiger partial charge in [0.2, 0.25) is 17.7 Å². The lowest BCUT2D eigenvalue weighted by Crippen LogP contribution is -2.49. The zero-order valence-electron chi connectivity index (χ0n) is 44.2. The SMILES string of the molecule is CN(CCN(C)C(=O)Oc1cc2c(c3ccccc13)[C@H](CCl)CN2C(=O)C12CC3(C(=O)N4C[C@@H](CCl)c5c4cc(OP(=O)(O)O)c4ccccc54)CC13C2)C(=O)OCCSSC[C@H](NC(=O)CCCCCN1C(=O)C=CC1=O)C(=O)O. The Morgan fingerprint density at radius 2 is 1.28 bits per heavy atom. The number of nitrogens with one attached hydrogen (secondary N) is 1. The molecule has 4 aromatic carbocycles. The molecule has 10 rings (SSSR count). The maximum Gasteiger partial charge on any atom is 0.524 e. The topological polar surface area (TPSA) is 270 Å². The number of carboxylic acid groups (broad SMARTS) is 1. The van der Waals surface area contributed by atoms with E-state index in [1.807, 2.05) is 30.3 Å². The lowest BCUT2D eigenvalue weighted by molar-refractivity contribution is -0.141. The number of halogens is 2. The van der Waals surface area contributed by atoms with E-state index in [1.54, 1.807) is 34.1 Å². The number of aliphatic carboxylic acids is 1. The van der Waals surface area contributed by atoms with Crippen molar-refractivity contribution in [1.29, 1.82) is 0 Å². The Labute approximate surface area is 483 Å². The lowest BCUT2D eigenvalue weighted by Gasteiger charge is -2.37. The smallest absolute Gasteiger partial charge is 0.480 e. The molecule has 0 radical (unpaired) electrons. The molecule has 4 aromatic rings. The molecular formula is C55H59Cl2N6O15PS2. The zero-order chi connectivity index (χ0) is 57.8. The molecule has 3 fully saturated rings. The monoisotopic (exact) mass is 1210 g/mol. The van der Waals surface area contributed by atoms with Crippen molar-refractivity contribution < 1.29 is 71.8 Å². The van der Waals surface area contributed by atoms with E-state index in [2.05, 4.69) is 5.32 Å². The number of phosphoric ester groups is 1. The second-order valence-corrected chi connectivity index (χ2v) is 25.9. The molecule has 1 spiro atoms. The van der Waals surface area contributed by atoms with Crippen LogP contribution in [0.5, 0.6) is 11.5 Å². The van der Waals surface area contributed by atoms with Crippen molar-refractivity contribution >= 4 is 133 Å². The molecule has 3 aliphatic heterocycles. The van der Waals surface area contributed by atoms with Gasteiger partial charge >= 0.3 is 26.0 Å². The normalized spacial score (nSPS) is 23.1. The summed E-state index contributed by atoms with van der Waals surface area (Å²) in [7, 11) is 0.548. The van der Waals surface area contributed by atoms with Crippen LogP contribution in [0.4, 0.5) is 21.0 Å². The van der Waals surface area contributed by atoms with Crippen LogP contribution in [0.3, 0.4) is 0 Å². The van der Waals surface area contributed by atoms with Gasteiger partial charge in [-0.3, -0.25) is 38.7 Å². The first-order chi connectivity index (χ1) is 38.7. The van der Waals surface area contributed by atoms with Crippen molar-refractivity contribution in [2.45, 2.75) is 62.8 Å². The number of alkyl halides is 2. The first-order valence-corrected chi connectivity index (χ1v) is 31.5. The van der Waals surface area contributed by atoms with Crippen molar-refractivity contribution in [3.8, 4) is 11.5 Å². The molecule has 26 heteroatoms. The number of likely N-dealkylation sites (N-methyl/N-ethyl adjacent to an activating group) is 2. The number of carbonyl (C=O) groups is 8. The average Bonchev–Trinajstić information content (AvgIpc) is 1.44. The number of amides is 7. The number of unbranched alkanes of at least 4 members (excludes halogenated alkanes) is 2. The summed E-state index contributed by atoms with van der Waals surface area (Å²) in [6.45, 7) is 0.954. The Hall–Kier alpha value is -6.07. The molecule has 6 atom stereocenters. The molecular weight excluding hydrogens is 1150 g/mol. The molecule has 81 heavy (non-hydrogen) atoms. The Kier molecular flexibility index (Phi) is 16.5. The molecule has 3 heterocycles. The average molecular weight is 1210 g/mol. The van der Waals surface area contributed by atoms with E-state index < -0.39 is 54.2 Å². The van der Waals surface area contributed by atoms with Crippen LogP contribution < -0.4 is 24.4 Å². The fourth-order valence-corrected chi connectivity index (χ4v) is 15.5. The summed E-state index contributed by atoms with van der Waals surface area (Å²) in [4.78, 5) is 131. The quantitative estimate of drug-likeness (QED) is 0.0173. The second-order valence-electron chi connectivity index (χ2n) is 21.5. The number of nitrogens with zero attached hydrogens (tertiary/aromatic N) is 5. The summed E-state index contributed by atoms with van der Waals surface area (Å²) in [5.74, 6) is -2.17. The maximum absolute atomic E-state index is 15.0. The highest BCUT2D eigenvalue weighted by molar-refractivity contribution is 8.76. The van der Waals surface area contributed by atoms with Gasteiger partial charge in [0.05, 0.1) is 22.2 Å². The first kappa shape index (κ1) is 58.1. The van der Waals surface area contributed by atoms with E-state index in [9.17, 15) is 53.0 Å². The maximum atomic E-state index is 15.0. The van der Waals surface area contributed by atoms with Crippen LogP contribution in [0, 0.1) is 16.2 Å². The van der Waals surface area contributed by atoms with Crippen molar-refractivity contribution in [2.75, 3.05) is 86.5 Å². The third kappa shape index (κ3) is 10.8. The van der Waals surface area contributed by atoms with Gasteiger partial charge in [-0.25, -0.2) is 18.9 Å². The minimum atomic E-state index is -4.97. The number of hydrogen-bond acceptors (Lipinski definition) is 14. The summed E-state index contributed by atoms with van der Waals surface area (Å²) in [5, 5.41) is 14.7. The summed E-state index contributed by atoms with van der Waals surface area (Å²) in [6.07, 6.45) is 4.05. The number of imide groups is 1. The zero-order valence-corrected chi connectivity index (χ0v) is 48.2. The van der Waals surface area contributed by atoms with E-state index in [-0.39, 0.29) is 110 Å². The molecule has 21 nitrogen and oxygen atoms in total. The van der Waals surface area contributed by atoms with Crippen LogP contribution in [0.25, 0.3) is 21.5 Å². The fourth-order valence-electron chi connectivity index (χ4n) is 12.6. The van der Waals surface area contributed by atoms with Gasteiger partial charge in [-0.05, 0) is 54.0 Å². The number of hydrogen-bond donors (Lipinski definition) is 4. The molecule has 0 bridgehead atoms. The number of rotatable bonds is 24. The Morgan fingerprint density at radius 1 is 0.753 bits per heavy atom. The van der Waals surface area contributed by atoms with E-state index in [0.29, 0.717) is 71.8 Å². The van der Waals surface area contributed by atoms with Crippen LogP contribution in [0.2, 0.25) is 0 Å². The van der Waals surface area contributed by atoms with E-state index in [1.165, 1.54) is 63.7 Å². The molecule has 430 valence electrons. The van der Waals surface area contributed by atoms with Crippen LogP contribution in [-0.4, -0.2) is 160 Å². The number of benzene rings is 4. The summed E-state index contributed by atoms with van der Waals surface area (Å²) in [5.41, 5.74) is 0.550. The van der Waals surface area contributed by atoms with Gasteiger partial charge in [0.1, 0.15) is 24.1 Å². The number of fused-ring (bicyclic) bond motifs is 6. The van der Waals surface area contributed by atoms with Crippen molar-refractivity contribution in [3.05, 3.63) is 83.9 Å². The van der Waals surface area contributed by atoms with Gasteiger partial charge in [0.25, 0.3) is 11.8 Å². The number of ether oxygens (including phenoxy) is 2. The molecule has 0 saturated heterocycles. The Morgan fingerprint density at radius 3 is 1.81 bits per heavy atom. The molecule has 3 saturated carbocycles. The number of carbonyl (C=O) groups excluding carboxylic acids is 7. The summed E-state index contributed by atoms with van der Waals surface area (Å²) in [6, 6.07) is 16.5. The summed E-state index contributed by atoms with van der Waals surface area (Å²) < 4.78 is 28.7. The first-order valence-electron chi connectivity index (χ1n) is 26.4. The Balaban J connectivity index is 0.712. The van der Waals surface area contributed by atoms with Crippen molar-refractivity contribution in [1.82, 2.24) is 20.0 Å². The van der Waals surface area contributed by atoms with Crippen LogP contribution in [-0.2, 0) is 38.1 Å². The molecule has 3 unspecified atom stereocenters. The molecule has 7 amide bonds. The molecule has 0 aromatic heterocycles. The standard InChI is InChI=1S/C55H59Cl2N6O15PS2/c1-59(51(71)76-20-21-80-81-28-38(48(67)68)58-43(64)14-4-3-9-17-61-44(65)15-16-45(61)66)18-19-60(2)52(72)77-41-22-39-46(36-12-7-5-10-34(36)41)32(24-56)26-62(39)49(69)53-29-54(31-55(53,54)30-53)50(70)63-27-33(25-57)47-37-13-8-6-11-35(37)42(23-40(47)63)78-79(73,74)75/h5-8,10-13,15-16,22-23,32-33,38H,3-4,9,14,17-21,24-31H2,1-2H3,(H,58,64)(H,67,68)(H2,73,74,75)/t32-,33-,38+,53?,54?,55?/m1/s1. The third-order valence-corrected chi connectivity index (χ3v) is 20.2. The highest BCUT2D eigenvalue weighted by Gasteiger charge is 3.01. The van der Waals surface area contributed by atoms with Crippen LogP contribution in [0.15, 0.2) is 72.8 Å². The van der Waals surface area contributed by atoms with E-state index in [4.69, 9.17) is 37.2 Å². The second kappa shape index (κ2) is 22.9. The van der Waals surface area contributed by atoms with Gasteiger partial charge in [-0.2, -0.15) is 0 Å². The van der Waals surface area contributed by atoms with Crippen molar-refractivity contribution in [2.24, 2.45) is 16.2 Å². The fraction of sp³-hybridized carbons (Fsp3) is 0.455. The predicted octanol–water partition coefficient (Wildman–Crippen LogP) is 7.61. The minimum Gasteiger partial charge on any atom is -0.480 e. The molecule has 3 aliphatic carbocycles. The number of anilines is 2. The number of phosphoric acid groups is 1. The van der Waals surface area contributed by atoms with E-state index in [0.717, 1.165) is 21.4 Å². The van der Waals surface area contributed by atoms with Gasteiger partial charge in [-0.1, -0.05) is 76.5 Å². The van der Waals surface area contributed by atoms with Gasteiger partial charge < -0.3 is 44.0 Å². The van der Waals surface area contributed by atoms with Gasteiger partial charge in [0.15, 0.2) is 0 Å². The minimum absolute atomic E-state index is 0.00761.